The van der Waals surface area contributed by atoms with E-state index in [9.17, 15) is 0 Å². The van der Waals surface area contributed by atoms with Crippen molar-refractivity contribution in [2.75, 3.05) is 18.4 Å². The van der Waals surface area contributed by atoms with Crippen molar-refractivity contribution in [2.24, 2.45) is 0 Å². The Labute approximate surface area is 136 Å². The molecule has 1 nitrogen and oxygen atoms in total. The van der Waals surface area contributed by atoms with E-state index >= 15 is 0 Å². The third kappa shape index (κ3) is 4.23. The molecule has 0 radical (unpaired) electrons. The SMILES string of the molecule is Cc1ccc(C(CCl)(CCl)COCc2ccccc2)cc1. The third-order valence-electron chi connectivity index (χ3n) is 3.67. The lowest BCUT2D eigenvalue weighted by Crippen LogP contribution is -2.36. The number of halogens is 2. The van der Waals surface area contributed by atoms with Crippen LogP contribution in [0.1, 0.15) is 16.7 Å². The number of alkyl halides is 2. The molecule has 0 aliphatic carbocycles. The monoisotopic (exact) mass is 322 g/mol. The van der Waals surface area contributed by atoms with Crippen LogP contribution in [-0.4, -0.2) is 18.4 Å². The first-order valence-electron chi connectivity index (χ1n) is 7.01. The lowest BCUT2D eigenvalue weighted by Gasteiger charge is -2.30. The highest BCUT2D eigenvalue weighted by molar-refractivity contribution is 6.22. The van der Waals surface area contributed by atoms with Crippen LogP contribution >= 0.6 is 23.2 Å². The van der Waals surface area contributed by atoms with E-state index < -0.39 is 0 Å². The van der Waals surface area contributed by atoms with Gasteiger partial charge in [0.25, 0.3) is 0 Å². The van der Waals surface area contributed by atoms with Gasteiger partial charge in [0.05, 0.1) is 13.2 Å². The zero-order chi connectivity index (χ0) is 15.1. The molecule has 0 fully saturated rings. The summed E-state index contributed by atoms with van der Waals surface area (Å²) in [4.78, 5) is 0. The summed E-state index contributed by atoms with van der Waals surface area (Å²) in [6.45, 7) is 3.15. The minimum absolute atomic E-state index is 0.342. The number of benzene rings is 2. The topological polar surface area (TPSA) is 9.23 Å². The Kier molecular flexibility index (Phi) is 6.10. The average Bonchev–Trinajstić information content (AvgIpc) is 2.54. The van der Waals surface area contributed by atoms with Crippen molar-refractivity contribution in [1.29, 1.82) is 0 Å². The van der Waals surface area contributed by atoms with Crippen LogP contribution < -0.4 is 0 Å². The fourth-order valence-corrected chi connectivity index (χ4v) is 2.94. The summed E-state index contributed by atoms with van der Waals surface area (Å²) in [6, 6.07) is 18.5. The fourth-order valence-electron chi connectivity index (χ4n) is 2.20. The van der Waals surface area contributed by atoms with Crippen molar-refractivity contribution >= 4 is 23.2 Å². The second kappa shape index (κ2) is 7.84. The largest absolute Gasteiger partial charge is 0.376 e. The van der Waals surface area contributed by atoms with Crippen LogP contribution in [0.3, 0.4) is 0 Å². The van der Waals surface area contributed by atoms with E-state index in [1.807, 2.05) is 18.2 Å². The Bertz CT molecular complexity index is 533. The van der Waals surface area contributed by atoms with Crippen LogP contribution in [0, 0.1) is 6.92 Å². The zero-order valence-electron chi connectivity index (χ0n) is 12.2. The molecule has 0 unspecified atom stereocenters. The first-order valence-corrected chi connectivity index (χ1v) is 8.08. The van der Waals surface area contributed by atoms with E-state index in [4.69, 9.17) is 27.9 Å². The molecule has 0 aliphatic rings. The van der Waals surface area contributed by atoms with E-state index in [0.717, 1.165) is 11.1 Å². The normalized spacial score (nSPS) is 11.6. The second-order valence-electron chi connectivity index (χ2n) is 5.39. The number of aryl methyl sites for hydroxylation is 1. The van der Waals surface area contributed by atoms with Gasteiger partial charge in [-0.2, -0.15) is 0 Å². The Hall–Kier alpha value is -1.02. The molecule has 0 aliphatic heterocycles. The van der Waals surface area contributed by atoms with E-state index in [1.54, 1.807) is 0 Å². The minimum atomic E-state index is -0.342. The summed E-state index contributed by atoms with van der Waals surface area (Å²) in [5, 5.41) is 0. The Morgan fingerprint density at radius 1 is 0.905 bits per heavy atom. The Morgan fingerprint density at radius 3 is 2.10 bits per heavy atom. The summed E-state index contributed by atoms with van der Waals surface area (Å²) in [7, 11) is 0. The van der Waals surface area contributed by atoms with Crippen molar-refractivity contribution in [1.82, 2.24) is 0 Å². The summed E-state index contributed by atoms with van der Waals surface area (Å²) >= 11 is 12.4. The molecule has 0 atom stereocenters. The summed E-state index contributed by atoms with van der Waals surface area (Å²) < 4.78 is 5.88. The number of ether oxygens (including phenoxy) is 1. The Morgan fingerprint density at radius 2 is 1.52 bits per heavy atom. The number of hydrogen-bond acceptors (Lipinski definition) is 1. The van der Waals surface area contributed by atoms with Gasteiger partial charge in [-0.1, -0.05) is 60.2 Å². The van der Waals surface area contributed by atoms with E-state index in [-0.39, 0.29) is 5.41 Å². The summed E-state index contributed by atoms with van der Waals surface area (Å²) in [6.07, 6.45) is 0. The van der Waals surface area contributed by atoms with Gasteiger partial charge in [-0.05, 0) is 18.1 Å². The van der Waals surface area contributed by atoms with Crippen LogP contribution in [0.15, 0.2) is 54.6 Å². The molecule has 0 saturated carbocycles. The molecule has 112 valence electrons. The van der Waals surface area contributed by atoms with Crippen LogP contribution in [0.5, 0.6) is 0 Å². The van der Waals surface area contributed by atoms with Gasteiger partial charge in [-0.15, -0.1) is 23.2 Å². The van der Waals surface area contributed by atoms with Crippen molar-refractivity contribution in [3.05, 3.63) is 71.3 Å². The van der Waals surface area contributed by atoms with Gasteiger partial charge in [0.1, 0.15) is 0 Å². The predicted molar refractivity (Wildman–Crippen MR) is 90.4 cm³/mol. The van der Waals surface area contributed by atoms with Gasteiger partial charge < -0.3 is 4.74 Å². The van der Waals surface area contributed by atoms with Gasteiger partial charge in [-0.25, -0.2) is 0 Å². The van der Waals surface area contributed by atoms with Gasteiger partial charge >= 0.3 is 0 Å². The molecular weight excluding hydrogens is 303 g/mol. The van der Waals surface area contributed by atoms with Crippen molar-refractivity contribution in [3.8, 4) is 0 Å². The quantitative estimate of drug-likeness (QED) is 0.657. The van der Waals surface area contributed by atoms with Gasteiger partial charge in [-0.3, -0.25) is 0 Å². The maximum absolute atomic E-state index is 6.22. The third-order valence-corrected chi connectivity index (χ3v) is 4.69. The highest BCUT2D eigenvalue weighted by atomic mass is 35.5. The van der Waals surface area contributed by atoms with Crippen molar-refractivity contribution in [2.45, 2.75) is 18.9 Å². The molecular formula is C18H20Cl2O. The molecule has 3 heteroatoms. The maximum Gasteiger partial charge on any atom is 0.0717 e. The average molecular weight is 323 g/mol. The van der Waals surface area contributed by atoms with E-state index in [2.05, 4.69) is 43.3 Å². The van der Waals surface area contributed by atoms with Crippen LogP contribution in [0.2, 0.25) is 0 Å². The summed E-state index contributed by atoms with van der Waals surface area (Å²) in [5.74, 6) is 0.878. The van der Waals surface area contributed by atoms with Crippen LogP contribution in [-0.2, 0) is 16.8 Å². The molecule has 0 N–H and O–H groups in total. The molecule has 0 bridgehead atoms. The Balaban J connectivity index is 2.06. The van der Waals surface area contributed by atoms with Gasteiger partial charge in [0, 0.05) is 17.2 Å². The maximum atomic E-state index is 6.22. The number of hydrogen-bond donors (Lipinski definition) is 0. The first kappa shape index (κ1) is 16.4. The predicted octanol–water partition coefficient (Wildman–Crippen LogP) is 4.93. The molecule has 0 amide bonds. The highest BCUT2D eigenvalue weighted by Crippen LogP contribution is 2.28. The second-order valence-corrected chi connectivity index (χ2v) is 5.93. The standard InChI is InChI=1S/C18H20Cl2O/c1-15-7-9-17(10-8-15)18(12-19,13-20)14-21-11-16-5-3-2-4-6-16/h2-10H,11-14H2,1H3. The minimum Gasteiger partial charge on any atom is -0.376 e. The molecule has 0 spiro atoms. The first-order chi connectivity index (χ1) is 10.2. The number of rotatable bonds is 7. The summed E-state index contributed by atoms with van der Waals surface area (Å²) in [5.41, 5.74) is 3.17. The van der Waals surface area contributed by atoms with Crippen LogP contribution in [0.25, 0.3) is 0 Å². The van der Waals surface area contributed by atoms with Crippen molar-refractivity contribution < 1.29 is 4.74 Å². The van der Waals surface area contributed by atoms with Crippen molar-refractivity contribution in [3.63, 3.8) is 0 Å². The van der Waals surface area contributed by atoms with Crippen LogP contribution in [0.4, 0.5) is 0 Å². The molecule has 2 aromatic carbocycles. The lowest BCUT2D eigenvalue weighted by molar-refractivity contribution is 0.0846. The molecule has 0 saturated heterocycles. The van der Waals surface area contributed by atoms with Gasteiger partial charge in [0.2, 0.25) is 0 Å². The molecule has 0 heterocycles. The van der Waals surface area contributed by atoms with E-state index in [0.29, 0.717) is 25.0 Å². The molecule has 0 aromatic heterocycles. The van der Waals surface area contributed by atoms with Gasteiger partial charge in [0.15, 0.2) is 0 Å². The van der Waals surface area contributed by atoms with E-state index in [1.165, 1.54) is 5.56 Å². The lowest BCUT2D eigenvalue weighted by atomic mass is 9.84. The molecule has 21 heavy (non-hydrogen) atoms. The smallest absolute Gasteiger partial charge is 0.0717 e. The zero-order valence-corrected chi connectivity index (χ0v) is 13.7. The molecule has 2 rings (SSSR count). The molecule has 2 aromatic rings. The fraction of sp³-hybridized carbons (Fsp3) is 0.333. The highest BCUT2D eigenvalue weighted by Gasteiger charge is 2.31.